The van der Waals surface area contributed by atoms with Crippen molar-refractivity contribution < 1.29 is 36.3 Å². The molecule has 0 aliphatic carbocycles. The number of nitrogens with zero attached hydrogens (tertiary/aromatic N) is 2. The number of aromatic nitrogens is 1. The molecule has 3 aromatic rings. The number of ether oxygens (including phenoxy) is 1. The molecule has 0 radical (unpaired) electrons. The van der Waals surface area contributed by atoms with Crippen LogP contribution in [0.25, 0.3) is 0 Å². The van der Waals surface area contributed by atoms with Gasteiger partial charge in [-0.05, 0) is 43.0 Å². The molecule has 0 saturated heterocycles. The Morgan fingerprint density at radius 1 is 1.29 bits per heavy atom. The highest BCUT2D eigenvalue weighted by Crippen LogP contribution is 2.52. The van der Waals surface area contributed by atoms with Gasteiger partial charge in [-0.3, -0.25) is 9.69 Å². The second kappa shape index (κ2) is 10.0. The minimum Gasteiger partial charge on any atom is -0.506 e. The summed E-state index contributed by atoms with van der Waals surface area (Å²) in [5.41, 5.74) is -0.535. The third-order valence-electron chi connectivity index (χ3n) is 6.92. The number of amides is 1. The van der Waals surface area contributed by atoms with Gasteiger partial charge in [-0.2, -0.15) is 0 Å². The first-order valence-corrected chi connectivity index (χ1v) is 14.4. The highest BCUT2D eigenvalue weighted by atomic mass is 32.2. The van der Waals surface area contributed by atoms with E-state index in [-0.39, 0.29) is 68.6 Å². The molecule has 5 rings (SSSR count). The van der Waals surface area contributed by atoms with Crippen molar-refractivity contribution in [3.63, 3.8) is 0 Å². The van der Waals surface area contributed by atoms with E-state index in [0.717, 1.165) is 11.0 Å². The molecule has 2 aliphatic rings. The molecule has 1 aromatic heterocycles. The van der Waals surface area contributed by atoms with Crippen LogP contribution in [0.5, 0.6) is 11.5 Å². The Morgan fingerprint density at radius 3 is 2.66 bits per heavy atom. The first-order chi connectivity index (χ1) is 19.2. The van der Waals surface area contributed by atoms with Crippen LogP contribution >= 0.6 is 0 Å². The monoisotopic (exact) mass is 585 g/mol. The van der Waals surface area contributed by atoms with Gasteiger partial charge in [-0.25, -0.2) is 22.2 Å². The van der Waals surface area contributed by atoms with Crippen LogP contribution in [0.3, 0.4) is 0 Å². The number of nitrogens with one attached hydrogen (secondary N) is 1. The average Bonchev–Trinajstić information content (AvgIpc) is 3.11. The fraction of sp³-hybridized carbons (Fsp3) is 0.310. The fourth-order valence-electron chi connectivity index (χ4n) is 5.43. The van der Waals surface area contributed by atoms with Gasteiger partial charge in [-0.15, -0.1) is 0 Å². The predicted molar refractivity (Wildman–Crippen MR) is 149 cm³/mol. The van der Waals surface area contributed by atoms with Gasteiger partial charge in [0.2, 0.25) is 0 Å². The number of phenols is 1. The van der Waals surface area contributed by atoms with E-state index in [1.54, 1.807) is 20.8 Å². The number of sulfone groups is 1. The number of hydrogen-bond donors (Lipinski definition) is 2. The summed E-state index contributed by atoms with van der Waals surface area (Å²) in [5, 5.41) is 14.0. The van der Waals surface area contributed by atoms with Gasteiger partial charge in [0.05, 0.1) is 16.3 Å². The molecule has 41 heavy (non-hydrogen) atoms. The molecule has 3 heterocycles. The second-order valence-corrected chi connectivity index (χ2v) is 12.9. The van der Waals surface area contributed by atoms with E-state index < -0.39 is 45.5 Å². The molecule has 0 fully saturated rings. The molecule has 9 nitrogen and oxygen atoms in total. The summed E-state index contributed by atoms with van der Waals surface area (Å²) in [6.07, 6.45) is 0.234. The van der Waals surface area contributed by atoms with Crippen molar-refractivity contribution >= 4 is 27.1 Å². The van der Waals surface area contributed by atoms with Crippen molar-refractivity contribution in [2.75, 3.05) is 22.6 Å². The van der Waals surface area contributed by atoms with Gasteiger partial charge in [0.1, 0.15) is 47.2 Å². The van der Waals surface area contributed by atoms with Crippen molar-refractivity contribution in [1.29, 1.82) is 0 Å². The van der Waals surface area contributed by atoms with Gasteiger partial charge in [0.25, 0.3) is 5.91 Å². The van der Waals surface area contributed by atoms with Gasteiger partial charge < -0.3 is 19.6 Å². The van der Waals surface area contributed by atoms with E-state index in [4.69, 9.17) is 9.15 Å². The second-order valence-electron chi connectivity index (χ2n) is 10.9. The SMILES string of the molecule is C=C(F)COc1ccc(C2C3=C(CC(C)(C)CS3(=O)=O)Nc3c(O)cccc3N2C(=O)c2nc(C)oc2C)c(F)c1. The number of aromatic hydroxyl groups is 1. The van der Waals surface area contributed by atoms with Crippen LogP contribution in [0.4, 0.5) is 20.2 Å². The Balaban J connectivity index is 1.82. The molecule has 12 heteroatoms. The molecule has 1 atom stereocenters. The number of phenolic OH excluding ortho intramolecular Hbond substituents is 1. The summed E-state index contributed by atoms with van der Waals surface area (Å²) in [6.45, 7) is 9.30. The van der Waals surface area contributed by atoms with Crippen LogP contribution < -0.4 is 15.0 Å². The maximum Gasteiger partial charge on any atom is 0.281 e. The van der Waals surface area contributed by atoms with Gasteiger partial charge >= 0.3 is 0 Å². The number of para-hydroxylation sites is 1. The van der Waals surface area contributed by atoms with Crippen LogP contribution in [0, 0.1) is 25.1 Å². The zero-order valence-electron chi connectivity index (χ0n) is 22.9. The Bertz CT molecular complexity index is 1730. The third kappa shape index (κ3) is 5.19. The highest BCUT2D eigenvalue weighted by molar-refractivity contribution is 7.95. The van der Waals surface area contributed by atoms with E-state index in [1.807, 2.05) is 0 Å². The topological polar surface area (TPSA) is 122 Å². The number of allylic oxidation sites excluding steroid dienone is 1. The number of oxazole rings is 1. The van der Waals surface area contributed by atoms with Crippen LogP contribution in [-0.4, -0.2) is 36.8 Å². The summed E-state index contributed by atoms with van der Waals surface area (Å²) in [7, 11) is -4.11. The maximum absolute atomic E-state index is 16.0. The zero-order valence-corrected chi connectivity index (χ0v) is 23.7. The number of halogens is 2. The number of benzene rings is 2. The van der Waals surface area contributed by atoms with E-state index in [2.05, 4.69) is 16.9 Å². The molecule has 0 saturated carbocycles. The molecule has 0 bridgehead atoms. The first-order valence-electron chi connectivity index (χ1n) is 12.8. The summed E-state index contributed by atoms with van der Waals surface area (Å²) in [6, 6.07) is 6.56. The number of rotatable bonds is 5. The van der Waals surface area contributed by atoms with Crippen molar-refractivity contribution in [3.05, 3.63) is 88.1 Å². The Morgan fingerprint density at radius 2 is 2.02 bits per heavy atom. The largest absolute Gasteiger partial charge is 0.506 e. The number of anilines is 2. The molecular weight excluding hydrogens is 556 g/mol. The summed E-state index contributed by atoms with van der Waals surface area (Å²) in [4.78, 5) is 19.4. The summed E-state index contributed by atoms with van der Waals surface area (Å²) >= 11 is 0. The number of aryl methyl sites for hydroxylation is 2. The van der Waals surface area contributed by atoms with Crippen molar-refractivity contribution in [3.8, 4) is 11.5 Å². The molecule has 2 N–H and O–H groups in total. The highest BCUT2D eigenvalue weighted by Gasteiger charge is 2.48. The van der Waals surface area contributed by atoms with Crippen molar-refractivity contribution in [2.45, 2.75) is 40.2 Å². The number of hydrogen-bond acceptors (Lipinski definition) is 8. The van der Waals surface area contributed by atoms with E-state index in [1.165, 1.54) is 37.3 Å². The number of carbonyl (C=O) groups is 1. The number of fused-ring (bicyclic) bond motifs is 1. The molecule has 0 spiro atoms. The van der Waals surface area contributed by atoms with E-state index >= 15 is 4.39 Å². The fourth-order valence-corrected chi connectivity index (χ4v) is 7.79. The summed E-state index contributed by atoms with van der Waals surface area (Å²) < 4.78 is 67.9. The molecule has 216 valence electrons. The predicted octanol–water partition coefficient (Wildman–Crippen LogP) is 5.87. The first kappa shape index (κ1) is 28.3. The van der Waals surface area contributed by atoms with Crippen LogP contribution in [0.15, 0.2) is 63.8 Å². The lowest BCUT2D eigenvalue weighted by Crippen LogP contribution is -2.41. The molecule has 2 aliphatic heterocycles. The lowest BCUT2D eigenvalue weighted by molar-refractivity contribution is 0.0974. The van der Waals surface area contributed by atoms with E-state index in [0.29, 0.717) is 0 Å². The van der Waals surface area contributed by atoms with Gasteiger partial charge in [0, 0.05) is 24.3 Å². The van der Waals surface area contributed by atoms with Gasteiger partial charge in [0.15, 0.2) is 21.4 Å². The molecular formula is C29H29F2N3O6S. The Kier molecular flexibility index (Phi) is 6.93. The molecule has 1 unspecified atom stereocenters. The summed E-state index contributed by atoms with van der Waals surface area (Å²) in [5.74, 6) is -2.54. The smallest absolute Gasteiger partial charge is 0.281 e. The third-order valence-corrected chi connectivity index (χ3v) is 9.22. The normalized spacial score (nSPS) is 19.1. The van der Waals surface area contributed by atoms with Crippen LogP contribution in [0.2, 0.25) is 0 Å². The average molecular weight is 586 g/mol. The quantitative estimate of drug-likeness (QED) is 0.357. The lowest BCUT2D eigenvalue weighted by atomic mass is 9.88. The Hall–Kier alpha value is -4.19. The minimum absolute atomic E-state index is 0.0162. The molecule has 1 amide bonds. The Labute approximate surface area is 236 Å². The number of carbonyl (C=O) groups excluding carboxylic acids is 1. The van der Waals surface area contributed by atoms with Gasteiger partial charge in [-0.1, -0.05) is 26.5 Å². The van der Waals surface area contributed by atoms with Crippen molar-refractivity contribution in [2.24, 2.45) is 5.41 Å². The zero-order chi connectivity index (χ0) is 29.9. The minimum atomic E-state index is -4.11. The van der Waals surface area contributed by atoms with Crippen molar-refractivity contribution in [1.82, 2.24) is 4.98 Å². The standard InChI is InChI=1S/C29H29F2N3O6S/c1-15(30)13-39-18-9-10-19(20(31)11-18)26-27-21(12-29(4,5)14-41(27,37)38)33-25-22(7-6-8-23(25)35)34(26)28(36)24-16(2)40-17(3)32-24/h6-11,26,33,35H,1,12-14H2,2-5H3. The van der Waals surface area contributed by atoms with Crippen LogP contribution in [0.1, 0.15) is 54.0 Å². The van der Waals surface area contributed by atoms with E-state index in [9.17, 15) is 22.7 Å². The maximum atomic E-state index is 16.0. The lowest BCUT2D eigenvalue weighted by Gasteiger charge is -2.37. The molecule has 2 aromatic carbocycles. The van der Waals surface area contributed by atoms with Crippen LogP contribution in [-0.2, 0) is 9.84 Å².